The number of nitrogens with zero attached hydrogens (tertiary/aromatic N) is 3. The molecule has 116 valence electrons. The fourth-order valence-corrected chi connectivity index (χ4v) is 2.49. The Bertz CT molecular complexity index is 504. The number of carbonyl (C=O) groups is 1. The lowest BCUT2D eigenvalue weighted by molar-refractivity contribution is 0.0908. The van der Waals surface area contributed by atoms with Gasteiger partial charge in [-0.1, -0.05) is 13.8 Å². The van der Waals surface area contributed by atoms with E-state index in [4.69, 9.17) is 5.84 Å². The van der Waals surface area contributed by atoms with Crippen molar-refractivity contribution in [3.63, 3.8) is 0 Å². The van der Waals surface area contributed by atoms with Crippen LogP contribution in [0.5, 0.6) is 0 Å². The van der Waals surface area contributed by atoms with Gasteiger partial charge in [0.25, 0.3) is 5.91 Å². The third-order valence-corrected chi connectivity index (χ3v) is 3.65. The topological polar surface area (TPSA) is 96.2 Å². The molecule has 0 bridgehead atoms. The molecule has 0 radical (unpaired) electrons. The first-order valence-corrected chi connectivity index (χ1v) is 7.34. The smallest absolute Gasteiger partial charge is 0.272 e. The molecule has 7 heteroatoms. The van der Waals surface area contributed by atoms with Crippen LogP contribution in [0.25, 0.3) is 0 Å². The lowest BCUT2D eigenvalue weighted by atomic mass is 10.1. The molecule has 0 spiro atoms. The van der Waals surface area contributed by atoms with E-state index < -0.39 is 0 Å². The molecule has 1 saturated heterocycles. The third kappa shape index (κ3) is 3.89. The zero-order valence-corrected chi connectivity index (χ0v) is 12.9. The average molecular weight is 292 g/mol. The van der Waals surface area contributed by atoms with E-state index in [1.54, 1.807) is 6.20 Å². The average Bonchev–Trinajstić information content (AvgIpc) is 2.46. The predicted molar refractivity (Wildman–Crippen MR) is 81.9 cm³/mol. The second kappa shape index (κ2) is 6.82. The summed E-state index contributed by atoms with van der Waals surface area (Å²) in [4.78, 5) is 23.2. The minimum Gasteiger partial charge on any atom is -0.347 e. The van der Waals surface area contributed by atoms with Crippen molar-refractivity contribution in [2.24, 2.45) is 5.84 Å². The van der Waals surface area contributed by atoms with Crippen molar-refractivity contribution in [1.29, 1.82) is 0 Å². The maximum atomic E-state index is 12.5. The van der Waals surface area contributed by atoms with Crippen LogP contribution in [0.15, 0.2) is 6.20 Å². The number of hydrogen-bond acceptors (Lipinski definition) is 6. The van der Waals surface area contributed by atoms with E-state index in [1.807, 2.05) is 13.8 Å². The number of hydrazine groups is 1. The van der Waals surface area contributed by atoms with Gasteiger partial charge in [-0.15, -0.1) is 0 Å². The largest absolute Gasteiger partial charge is 0.347 e. The Balaban J connectivity index is 2.15. The number of anilines is 1. The van der Waals surface area contributed by atoms with Crippen molar-refractivity contribution >= 4 is 11.6 Å². The van der Waals surface area contributed by atoms with Crippen LogP contribution in [0.3, 0.4) is 0 Å². The molecule has 0 aliphatic carbocycles. The number of aromatic nitrogens is 2. The Morgan fingerprint density at radius 2 is 2.29 bits per heavy atom. The van der Waals surface area contributed by atoms with E-state index >= 15 is 0 Å². The molecule has 1 aliphatic rings. The molecule has 1 atom stereocenters. The highest BCUT2D eigenvalue weighted by Gasteiger charge is 2.22. The van der Waals surface area contributed by atoms with E-state index in [-0.39, 0.29) is 17.9 Å². The molecular formula is C14H24N6O. The number of nitrogens with two attached hydrogens (primary N) is 1. The molecule has 1 amide bonds. The molecule has 1 aliphatic heterocycles. The lowest BCUT2D eigenvalue weighted by Crippen LogP contribution is -2.46. The summed E-state index contributed by atoms with van der Waals surface area (Å²) in [5.41, 5.74) is 3.25. The van der Waals surface area contributed by atoms with Crippen LogP contribution < -0.4 is 16.6 Å². The highest BCUT2D eigenvalue weighted by molar-refractivity contribution is 5.97. The summed E-state index contributed by atoms with van der Waals surface area (Å²) < 4.78 is 0. The van der Waals surface area contributed by atoms with E-state index in [0.29, 0.717) is 17.2 Å². The number of hydrogen-bond donors (Lipinski definition) is 3. The zero-order chi connectivity index (χ0) is 15.4. The predicted octanol–water partition coefficient (Wildman–Crippen LogP) is 0.710. The van der Waals surface area contributed by atoms with Gasteiger partial charge in [0.15, 0.2) is 5.69 Å². The number of piperidine rings is 1. The number of nitrogens with one attached hydrogen (secondary N) is 2. The molecule has 21 heavy (non-hydrogen) atoms. The Hall–Kier alpha value is -1.73. The first-order valence-electron chi connectivity index (χ1n) is 7.34. The molecule has 1 unspecified atom stereocenters. The van der Waals surface area contributed by atoms with Crippen molar-refractivity contribution in [1.82, 2.24) is 20.2 Å². The molecule has 1 fully saturated rings. The van der Waals surface area contributed by atoms with Crippen molar-refractivity contribution < 1.29 is 4.79 Å². The monoisotopic (exact) mass is 292 g/mol. The van der Waals surface area contributed by atoms with Gasteiger partial charge in [-0.25, -0.2) is 9.97 Å². The maximum absolute atomic E-state index is 12.5. The Morgan fingerprint density at radius 1 is 1.52 bits per heavy atom. The fourth-order valence-electron chi connectivity index (χ4n) is 2.49. The van der Waals surface area contributed by atoms with Gasteiger partial charge >= 0.3 is 0 Å². The molecule has 0 saturated carbocycles. The fraction of sp³-hybridized carbons (Fsp3) is 0.643. The highest BCUT2D eigenvalue weighted by Crippen LogP contribution is 2.16. The highest BCUT2D eigenvalue weighted by atomic mass is 16.2. The second-order valence-corrected chi connectivity index (χ2v) is 5.86. The zero-order valence-electron chi connectivity index (χ0n) is 12.9. The van der Waals surface area contributed by atoms with Gasteiger partial charge in [0.05, 0.1) is 11.9 Å². The van der Waals surface area contributed by atoms with E-state index in [0.717, 1.165) is 25.9 Å². The van der Waals surface area contributed by atoms with Gasteiger partial charge in [0, 0.05) is 18.5 Å². The molecule has 7 nitrogen and oxygen atoms in total. The number of rotatable bonds is 4. The van der Waals surface area contributed by atoms with Gasteiger partial charge in [0.1, 0.15) is 5.82 Å². The Morgan fingerprint density at radius 3 is 2.90 bits per heavy atom. The van der Waals surface area contributed by atoms with Gasteiger partial charge in [-0.3, -0.25) is 10.6 Å². The normalized spacial score (nSPS) is 19.6. The summed E-state index contributed by atoms with van der Waals surface area (Å²) in [5, 5.41) is 3.04. The quantitative estimate of drug-likeness (QED) is 0.559. The van der Waals surface area contributed by atoms with Gasteiger partial charge in [0.2, 0.25) is 0 Å². The SMILES string of the molecule is CC(C)c1ncc(NN)c(C(=O)NC2CCCN(C)C2)n1. The molecule has 1 aromatic rings. The number of amides is 1. The summed E-state index contributed by atoms with van der Waals surface area (Å²) in [6, 6.07) is 0.152. The molecule has 0 aromatic carbocycles. The third-order valence-electron chi connectivity index (χ3n) is 3.65. The summed E-state index contributed by atoms with van der Waals surface area (Å²) in [6.07, 6.45) is 3.64. The van der Waals surface area contributed by atoms with Crippen LogP contribution >= 0.6 is 0 Å². The van der Waals surface area contributed by atoms with Crippen LogP contribution in [0.4, 0.5) is 5.69 Å². The van der Waals surface area contributed by atoms with E-state index in [2.05, 4.69) is 32.7 Å². The molecule has 4 N–H and O–H groups in total. The Kier molecular flexibility index (Phi) is 5.08. The van der Waals surface area contributed by atoms with Gasteiger partial charge in [-0.05, 0) is 26.4 Å². The second-order valence-electron chi connectivity index (χ2n) is 5.86. The molecule has 2 rings (SSSR count). The Labute approximate surface area is 125 Å². The van der Waals surface area contributed by atoms with Crippen LogP contribution in [-0.2, 0) is 0 Å². The molecule has 2 heterocycles. The number of carbonyl (C=O) groups excluding carboxylic acids is 1. The molecule has 1 aromatic heterocycles. The number of nitrogen functional groups attached to an aromatic ring is 1. The minimum absolute atomic E-state index is 0.152. The number of likely N-dealkylation sites (tertiary alicyclic amines) is 1. The van der Waals surface area contributed by atoms with Crippen LogP contribution in [0.2, 0.25) is 0 Å². The van der Waals surface area contributed by atoms with E-state index in [1.165, 1.54) is 0 Å². The summed E-state index contributed by atoms with van der Waals surface area (Å²) in [7, 11) is 2.06. The minimum atomic E-state index is -0.201. The maximum Gasteiger partial charge on any atom is 0.272 e. The molecular weight excluding hydrogens is 268 g/mol. The lowest BCUT2D eigenvalue weighted by Gasteiger charge is -2.30. The van der Waals surface area contributed by atoms with Gasteiger partial charge in [-0.2, -0.15) is 0 Å². The van der Waals surface area contributed by atoms with Crippen molar-refractivity contribution in [2.75, 3.05) is 25.6 Å². The first-order chi connectivity index (χ1) is 10.0. The number of likely N-dealkylation sites (N-methyl/N-ethyl adjacent to an activating group) is 1. The summed E-state index contributed by atoms with van der Waals surface area (Å²) in [6.45, 7) is 5.91. The van der Waals surface area contributed by atoms with Crippen molar-refractivity contribution in [3.05, 3.63) is 17.7 Å². The summed E-state index contributed by atoms with van der Waals surface area (Å²) >= 11 is 0. The first kappa shape index (κ1) is 15.7. The van der Waals surface area contributed by atoms with Gasteiger partial charge < -0.3 is 15.6 Å². The van der Waals surface area contributed by atoms with Crippen molar-refractivity contribution in [3.8, 4) is 0 Å². The van der Waals surface area contributed by atoms with Crippen LogP contribution in [-0.4, -0.2) is 47.0 Å². The van der Waals surface area contributed by atoms with Crippen LogP contribution in [0.1, 0.15) is 48.9 Å². The summed E-state index contributed by atoms with van der Waals surface area (Å²) in [5.74, 6) is 6.05. The van der Waals surface area contributed by atoms with E-state index in [9.17, 15) is 4.79 Å². The standard InChI is InChI=1S/C14H24N6O/c1-9(2)13-16-7-11(19-15)12(18-13)14(21)17-10-5-4-6-20(3)8-10/h7,9-10,19H,4-6,8,15H2,1-3H3,(H,17,21). The van der Waals surface area contributed by atoms with Crippen LogP contribution in [0, 0.1) is 0 Å². The van der Waals surface area contributed by atoms with Crippen molar-refractivity contribution in [2.45, 2.75) is 38.6 Å².